The third-order valence-electron chi connectivity index (χ3n) is 2.06. The Kier molecular flexibility index (Phi) is 2.23. The highest BCUT2D eigenvalue weighted by Crippen LogP contribution is 2.16. The van der Waals surface area contributed by atoms with Gasteiger partial charge in [-0.05, 0) is 19.1 Å². The molecule has 0 aliphatic heterocycles. The lowest BCUT2D eigenvalue weighted by Crippen LogP contribution is -1.90. The van der Waals surface area contributed by atoms with E-state index in [-0.39, 0.29) is 0 Å². The van der Waals surface area contributed by atoms with Crippen LogP contribution in [0, 0.1) is 6.92 Å². The Morgan fingerprint density at radius 1 is 1.36 bits per heavy atom. The molecule has 0 radical (unpaired) electrons. The van der Waals surface area contributed by atoms with E-state index in [1.54, 1.807) is 13.4 Å². The van der Waals surface area contributed by atoms with Crippen molar-refractivity contribution >= 4 is 0 Å². The molecule has 0 fully saturated rings. The highest BCUT2D eigenvalue weighted by atomic mass is 16.5. The van der Waals surface area contributed by atoms with Gasteiger partial charge in [0.15, 0.2) is 0 Å². The summed E-state index contributed by atoms with van der Waals surface area (Å²) in [5.74, 6) is 0.855. The summed E-state index contributed by atoms with van der Waals surface area (Å²) in [5.41, 5.74) is 2.07. The monoisotopic (exact) mass is 188 g/mol. The van der Waals surface area contributed by atoms with Crippen molar-refractivity contribution in [2.24, 2.45) is 0 Å². The van der Waals surface area contributed by atoms with Gasteiger partial charge in [-0.15, -0.1) is 0 Å². The van der Waals surface area contributed by atoms with Crippen molar-refractivity contribution in [1.82, 2.24) is 9.55 Å². The summed E-state index contributed by atoms with van der Waals surface area (Å²) in [7, 11) is 1.66. The van der Waals surface area contributed by atoms with E-state index < -0.39 is 0 Å². The molecule has 72 valence electrons. The first-order valence-electron chi connectivity index (χ1n) is 4.44. The number of ether oxygens (including phenoxy) is 1. The summed E-state index contributed by atoms with van der Waals surface area (Å²) >= 11 is 0. The second-order valence-electron chi connectivity index (χ2n) is 3.12. The summed E-state index contributed by atoms with van der Waals surface area (Å²) in [5, 5.41) is 0. The second kappa shape index (κ2) is 3.54. The molecule has 0 amide bonds. The maximum absolute atomic E-state index is 5.15. The molecule has 0 spiro atoms. The first-order chi connectivity index (χ1) is 6.79. The van der Waals surface area contributed by atoms with Crippen LogP contribution in [0.2, 0.25) is 0 Å². The third kappa shape index (κ3) is 1.62. The number of methoxy groups -OCH3 is 1. The Hall–Kier alpha value is -1.77. The van der Waals surface area contributed by atoms with E-state index in [9.17, 15) is 0 Å². The Morgan fingerprint density at radius 2 is 2.21 bits per heavy atom. The van der Waals surface area contributed by atoms with Gasteiger partial charge in [0.25, 0.3) is 0 Å². The maximum atomic E-state index is 5.15. The van der Waals surface area contributed by atoms with E-state index in [0.717, 1.165) is 17.1 Å². The van der Waals surface area contributed by atoms with Crippen molar-refractivity contribution < 1.29 is 4.74 Å². The van der Waals surface area contributed by atoms with E-state index in [2.05, 4.69) is 4.98 Å². The lowest BCUT2D eigenvalue weighted by atomic mass is 10.3. The van der Waals surface area contributed by atoms with E-state index in [0.29, 0.717) is 0 Å². The Bertz CT molecular complexity index is 434. The lowest BCUT2D eigenvalue weighted by molar-refractivity contribution is 0.414. The highest BCUT2D eigenvalue weighted by Gasteiger charge is 1.98. The molecule has 2 aromatic rings. The van der Waals surface area contributed by atoms with Gasteiger partial charge in [0.1, 0.15) is 5.75 Å². The smallest absolute Gasteiger partial charge is 0.120 e. The molecule has 0 atom stereocenters. The van der Waals surface area contributed by atoms with E-state index in [4.69, 9.17) is 4.74 Å². The van der Waals surface area contributed by atoms with Crippen molar-refractivity contribution in [1.29, 1.82) is 0 Å². The fourth-order valence-corrected chi connectivity index (χ4v) is 1.33. The minimum atomic E-state index is 0.855. The van der Waals surface area contributed by atoms with Crippen LogP contribution in [-0.4, -0.2) is 16.7 Å². The maximum Gasteiger partial charge on any atom is 0.120 e. The fourth-order valence-electron chi connectivity index (χ4n) is 1.33. The van der Waals surface area contributed by atoms with Crippen molar-refractivity contribution in [3.05, 3.63) is 42.5 Å². The fraction of sp³-hybridized carbons (Fsp3) is 0.182. The summed E-state index contributed by atoms with van der Waals surface area (Å²) in [4.78, 5) is 4.17. The highest BCUT2D eigenvalue weighted by molar-refractivity contribution is 5.39. The SMILES string of the molecule is COc1cccc(-n2cnc(C)c2)c1. The zero-order valence-corrected chi connectivity index (χ0v) is 8.27. The van der Waals surface area contributed by atoms with Gasteiger partial charge in [0, 0.05) is 12.3 Å². The molecule has 0 N–H and O–H groups in total. The van der Waals surface area contributed by atoms with Crippen LogP contribution in [0.5, 0.6) is 5.75 Å². The van der Waals surface area contributed by atoms with Crippen LogP contribution in [-0.2, 0) is 0 Å². The summed E-state index contributed by atoms with van der Waals surface area (Å²) in [6.07, 6.45) is 3.78. The predicted molar refractivity (Wildman–Crippen MR) is 54.9 cm³/mol. The van der Waals surface area contributed by atoms with Crippen LogP contribution < -0.4 is 4.74 Å². The number of aryl methyl sites for hydroxylation is 1. The van der Waals surface area contributed by atoms with Crippen molar-refractivity contribution in [2.75, 3.05) is 7.11 Å². The molecule has 0 aliphatic carbocycles. The van der Waals surface area contributed by atoms with Crippen molar-refractivity contribution in [2.45, 2.75) is 6.92 Å². The van der Waals surface area contributed by atoms with Crippen LogP contribution in [0.15, 0.2) is 36.8 Å². The lowest BCUT2D eigenvalue weighted by Gasteiger charge is -2.04. The van der Waals surface area contributed by atoms with Gasteiger partial charge in [-0.1, -0.05) is 6.07 Å². The quantitative estimate of drug-likeness (QED) is 0.722. The molecular formula is C11H12N2O. The van der Waals surface area contributed by atoms with E-state index >= 15 is 0 Å². The Balaban J connectivity index is 2.41. The molecule has 0 bridgehead atoms. The molecule has 1 aromatic carbocycles. The summed E-state index contributed by atoms with van der Waals surface area (Å²) in [6, 6.07) is 7.88. The minimum Gasteiger partial charge on any atom is -0.497 e. The standard InChI is InChI=1S/C11H12N2O/c1-9-7-13(8-12-9)10-4-3-5-11(6-10)14-2/h3-8H,1-2H3. The molecule has 0 saturated heterocycles. The second-order valence-corrected chi connectivity index (χ2v) is 3.12. The van der Waals surface area contributed by atoms with Gasteiger partial charge in [0.05, 0.1) is 24.8 Å². The Labute approximate surface area is 83.0 Å². The van der Waals surface area contributed by atoms with Crippen molar-refractivity contribution in [3.8, 4) is 11.4 Å². The number of nitrogens with zero attached hydrogens (tertiary/aromatic N) is 2. The number of hydrogen-bond acceptors (Lipinski definition) is 2. The minimum absolute atomic E-state index is 0.855. The van der Waals surface area contributed by atoms with Crippen LogP contribution in [0.25, 0.3) is 5.69 Å². The molecule has 3 heteroatoms. The van der Waals surface area contributed by atoms with Gasteiger partial charge in [0.2, 0.25) is 0 Å². The van der Waals surface area contributed by atoms with Gasteiger partial charge in [-0.2, -0.15) is 0 Å². The average Bonchev–Trinajstić information content (AvgIpc) is 2.65. The first kappa shape index (κ1) is 8.81. The molecule has 2 rings (SSSR count). The molecule has 0 saturated carbocycles. The van der Waals surface area contributed by atoms with Crippen LogP contribution in [0.1, 0.15) is 5.69 Å². The van der Waals surface area contributed by atoms with Crippen LogP contribution in [0.4, 0.5) is 0 Å². The topological polar surface area (TPSA) is 27.1 Å². The van der Waals surface area contributed by atoms with Gasteiger partial charge in [-0.25, -0.2) is 4.98 Å². The molecular weight excluding hydrogens is 176 g/mol. The number of hydrogen-bond donors (Lipinski definition) is 0. The zero-order valence-electron chi connectivity index (χ0n) is 8.27. The van der Waals surface area contributed by atoms with Gasteiger partial charge in [-0.3, -0.25) is 0 Å². The molecule has 0 aliphatic rings. The first-order valence-corrected chi connectivity index (χ1v) is 4.44. The summed E-state index contributed by atoms with van der Waals surface area (Å²) < 4.78 is 7.12. The molecule has 1 heterocycles. The van der Waals surface area contributed by atoms with E-state index in [1.807, 2.05) is 42.0 Å². The summed E-state index contributed by atoms with van der Waals surface area (Å²) in [6.45, 7) is 1.97. The molecule has 14 heavy (non-hydrogen) atoms. The van der Waals surface area contributed by atoms with Crippen molar-refractivity contribution in [3.63, 3.8) is 0 Å². The van der Waals surface area contributed by atoms with Crippen LogP contribution in [0.3, 0.4) is 0 Å². The zero-order chi connectivity index (χ0) is 9.97. The third-order valence-corrected chi connectivity index (χ3v) is 2.06. The van der Waals surface area contributed by atoms with E-state index in [1.165, 1.54) is 0 Å². The predicted octanol–water partition coefficient (Wildman–Crippen LogP) is 2.19. The number of benzene rings is 1. The molecule has 3 nitrogen and oxygen atoms in total. The van der Waals surface area contributed by atoms with Crippen LogP contribution >= 0.6 is 0 Å². The molecule has 1 aromatic heterocycles. The largest absolute Gasteiger partial charge is 0.497 e. The number of aromatic nitrogens is 2. The average molecular weight is 188 g/mol. The number of imidazole rings is 1. The Morgan fingerprint density at radius 3 is 2.86 bits per heavy atom. The van der Waals surface area contributed by atoms with Gasteiger partial charge < -0.3 is 9.30 Å². The molecule has 0 unspecified atom stereocenters. The normalized spacial score (nSPS) is 10.1. The van der Waals surface area contributed by atoms with Gasteiger partial charge >= 0.3 is 0 Å². The number of rotatable bonds is 2.